The van der Waals surface area contributed by atoms with E-state index in [1.165, 1.54) is 10.9 Å². The molecule has 2 atom stereocenters. The van der Waals surface area contributed by atoms with Crippen molar-refractivity contribution in [1.29, 1.82) is 0 Å². The number of rotatable bonds is 9. The van der Waals surface area contributed by atoms with Crippen LogP contribution in [0.4, 0.5) is 5.69 Å². The number of hydrogen-bond acceptors (Lipinski definition) is 5. The molecule has 0 unspecified atom stereocenters. The van der Waals surface area contributed by atoms with E-state index >= 15 is 0 Å². The lowest BCUT2D eigenvalue weighted by Crippen LogP contribution is -2.48. The molecule has 0 bridgehead atoms. The second-order valence-electron chi connectivity index (χ2n) is 8.58. The first kappa shape index (κ1) is 24.2. The molecule has 2 heterocycles. The first-order valence-corrected chi connectivity index (χ1v) is 12.7. The van der Waals surface area contributed by atoms with Gasteiger partial charge >= 0.3 is 0 Å². The predicted molar refractivity (Wildman–Crippen MR) is 141 cm³/mol. The highest BCUT2D eigenvalue weighted by Gasteiger charge is 2.25. The molecule has 4 rings (SSSR count). The fourth-order valence-corrected chi connectivity index (χ4v) is 5.39. The van der Waals surface area contributed by atoms with Crippen LogP contribution in [-0.4, -0.2) is 53.6 Å². The first-order valence-electron chi connectivity index (χ1n) is 11.7. The number of nitrogens with one attached hydrogen (secondary N) is 2. The van der Waals surface area contributed by atoms with E-state index in [2.05, 4.69) is 45.6 Å². The van der Waals surface area contributed by atoms with Crippen LogP contribution in [0.15, 0.2) is 48.7 Å². The molecule has 1 aliphatic heterocycles. The molecule has 1 aromatic heterocycles. The van der Waals surface area contributed by atoms with Gasteiger partial charge in [0.05, 0.1) is 29.9 Å². The molecule has 0 fully saturated rings. The van der Waals surface area contributed by atoms with Crippen LogP contribution in [-0.2, 0) is 19.4 Å². The lowest BCUT2D eigenvalue weighted by Gasteiger charge is -2.25. The fraction of sp³-hybridized carbons (Fsp3) is 0.370. The van der Waals surface area contributed by atoms with Crippen LogP contribution in [0.3, 0.4) is 0 Å². The molecule has 3 aromatic rings. The normalized spacial score (nSPS) is 14.9. The Bertz CT molecular complexity index is 1180. The Labute approximate surface area is 205 Å². The van der Waals surface area contributed by atoms with Crippen LogP contribution >= 0.6 is 11.9 Å². The summed E-state index contributed by atoms with van der Waals surface area (Å²) in [6.07, 6.45) is 8.28. The minimum absolute atomic E-state index is 0.192. The molecular weight excluding hydrogens is 444 g/mol. The summed E-state index contributed by atoms with van der Waals surface area (Å²) in [6, 6.07) is 13.4. The molecule has 0 spiro atoms. The van der Waals surface area contributed by atoms with Crippen molar-refractivity contribution in [2.75, 3.05) is 30.2 Å². The third-order valence-corrected chi connectivity index (χ3v) is 7.27. The van der Waals surface area contributed by atoms with E-state index in [-0.39, 0.29) is 5.91 Å². The molecule has 0 saturated carbocycles. The molecular formula is C27H32N4O2S. The van der Waals surface area contributed by atoms with Crippen LogP contribution in [0.2, 0.25) is 0 Å². The topological polar surface area (TPSA) is 69.5 Å². The van der Waals surface area contributed by atoms with Crippen molar-refractivity contribution in [3.63, 3.8) is 0 Å². The number of aliphatic hydroxyl groups is 1. The molecule has 0 aliphatic carbocycles. The van der Waals surface area contributed by atoms with Crippen LogP contribution in [0.25, 0.3) is 10.9 Å². The predicted octanol–water partition coefficient (Wildman–Crippen LogP) is 3.23. The lowest BCUT2D eigenvalue weighted by atomic mass is 10.00. The molecule has 7 heteroatoms. The third kappa shape index (κ3) is 5.25. The van der Waals surface area contributed by atoms with Crippen molar-refractivity contribution >= 4 is 34.4 Å². The van der Waals surface area contributed by atoms with Crippen molar-refractivity contribution in [1.82, 2.24) is 15.2 Å². The number of aromatic nitrogens is 1. The van der Waals surface area contributed by atoms with Gasteiger partial charge in [0.2, 0.25) is 0 Å². The minimum atomic E-state index is -0.785. The Kier molecular flexibility index (Phi) is 7.84. The maximum atomic E-state index is 13.5. The van der Waals surface area contributed by atoms with Gasteiger partial charge in [-0.25, -0.2) is 0 Å². The highest BCUT2D eigenvalue weighted by atomic mass is 32.2. The monoisotopic (exact) mass is 476 g/mol. The van der Waals surface area contributed by atoms with E-state index in [1.807, 2.05) is 42.5 Å². The SMILES string of the molecule is C#CCNC[C@@H](O)[C@H](Cc1ccccc1)NC(=O)c1cc2c3c(cn(CC)c3c1)CCSN2C. The van der Waals surface area contributed by atoms with Crippen LogP contribution < -0.4 is 14.9 Å². The van der Waals surface area contributed by atoms with Gasteiger partial charge in [0.25, 0.3) is 5.91 Å². The summed E-state index contributed by atoms with van der Waals surface area (Å²) in [4.78, 5) is 13.5. The van der Waals surface area contributed by atoms with Crippen LogP contribution in [0, 0.1) is 12.3 Å². The van der Waals surface area contributed by atoms with Gasteiger partial charge in [-0.3, -0.25) is 4.79 Å². The zero-order chi connectivity index (χ0) is 24.1. The van der Waals surface area contributed by atoms with Gasteiger partial charge in [-0.05, 0) is 55.0 Å². The van der Waals surface area contributed by atoms with E-state index in [4.69, 9.17) is 6.42 Å². The number of hydrogen-bond donors (Lipinski definition) is 3. The molecule has 0 saturated heterocycles. The Morgan fingerprint density at radius 2 is 2.09 bits per heavy atom. The van der Waals surface area contributed by atoms with E-state index in [0.29, 0.717) is 25.1 Å². The minimum Gasteiger partial charge on any atom is -0.390 e. The third-order valence-electron chi connectivity index (χ3n) is 6.30. The van der Waals surface area contributed by atoms with E-state index < -0.39 is 12.1 Å². The van der Waals surface area contributed by atoms with Crippen molar-refractivity contribution < 1.29 is 9.90 Å². The summed E-state index contributed by atoms with van der Waals surface area (Å²) in [6.45, 7) is 3.63. The Hall–Kier alpha value is -2.92. The Morgan fingerprint density at radius 3 is 2.82 bits per heavy atom. The average molecular weight is 477 g/mol. The number of aliphatic hydroxyl groups excluding tert-OH is 1. The van der Waals surface area contributed by atoms with Gasteiger partial charge in [0.1, 0.15) is 0 Å². The number of carbonyl (C=O) groups excluding carboxylic acids is 1. The number of carbonyl (C=O) groups is 1. The summed E-state index contributed by atoms with van der Waals surface area (Å²) in [5.74, 6) is 3.33. The van der Waals surface area contributed by atoms with E-state index in [0.717, 1.165) is 35.5 Å². The highest BCUT2D eigenvalue weighted by Crippen LogP contribution is 2.38. The smallest absolute Gasteiger partial charge is 0.251 e. The largest absolute Gasteiger partial charge is 0.390 e. The van der Waals surface area contributed by atoms with Crippen LogP contribution in [0.1, 0.15) is 28.4 Å². The van der Waals surface area contributed by atoms with Gasteiger partial charge < -0.3 is 24.6 Å². The molecule has 0 radical (unpaired) electrons. The van der Waals surface area contributed by atoms with Gasteiger partial charge in [-0.1, -0.05) is 36.3 Å². The number of anilines is 1. The van der Waals surface area contributed by atoms with Gasteiger partial charge in [-0.15, -0.1) is 6.42 Å². The van der Waals surface area contributed by atoms with Crippen LogP contribution in [0.5, 0.6) is 0 Å². The highest BCUT2D eigenvalue weighted by molar-refractivity contribution is 8.00. The number of amides is 1. The number of terminal acetylenes is 1. The number of nitrogens with zero attached hydrogens (tertiary/aromatic N) is 2. The summed E-state index contributed by atoms with van der Waals surface area (Å²) in [5, 5.41) is 18.3. The Morgan fingerprint density at radius 1 is 1.29 bits per heavy atom. The fourth-order valence-electron chi connectivity index (χ4n) is 4.52. The number of aryl methyl sites for hydroxylation is 2. The zero-order valence-corrected chi connectivity index (χ0v) is 20.6. The summed E-state index contributed by atoms with van der Waals surface area (Å²) < 4.78 is 4.38. The Balaban J connectivity index is 1.64. The van der Waals surface area contributed by atoms with Gasteiger partial charge in [0.15, 0.2) is 0 Å². The molecule has 3 N–H and O–H groups in total. The second kappa shape index (κ2) is 11.0. The standard InChI is InChI=1S/C27H32N4O2S/c1-4-12-28-17-25(32)22(14-19-9-7-6-8-10-19)29-27(33)21-15-23-26-20(11-13-34-30(23)3)18-31(5-2)24(26)16-21/h1,6-10,15-16,18,22,25,28,32H,5,11-14,17H2,2-3H3,(H,29,33)/t22-,25+/m0/s1. The first-order chi connectivity index (χ1) is 16.5. The lowest BCUT2D eigenvalue weighted by molar-refractivity contribution is 0.0833. The summed E-state index contributed by atoms with van der Waals surface area (Å²) in [7, 11) is 2.05. The maximum absolute atomic E-state index is 13.5. The summed E-state index contributed by atoms with van der Waals surface area (Å²) in [5.41, 5.74) is 5.10. The van der Waals surface area contributed by atoms with Crippen molar-refractivity contribution in [3.8, 4) is 12.3 Å². The van der Waals surface area contributed by atoms with Crippen molar-refractivity contribution in [2.24, 2.45) is 0 Å². The second-order valence-corrected chi connectivity index (χ2v) is 9.80. The van der Waals surface area contributed by atoms with Crippen molar-refractivity contribution in [2.45, 2.75) is 38.5 Å². The molecule has 1 amide bonds. The molecule has 6 nitrogen and oxygen atoms in total. The zero-order valence-electron chi connectivity index (χ0n) is 19.8. The van der Waals surface area contributed by atoms with Gasteiger partial charge in [-0.2, -0.15) is 0 Å². The molecule has 34 heavy (non-hydrogen) atoms. The van der Waals surface area contributed by atoms with E-state index in [9.17, 15) is 9.90 Å². The summed E-state index contributed by atoms with van der Waals surface area (Å²) >= 11 is 1.77. The molecule has 2 aromatic carbocycles. The maximum Gasteiger partial charge on any atom is 0.251 e. The van der Waals surface area contributed by atoms with Gasteiger partial charge in [0, 0.05) is 43.0 Å². The molecule has 178 valence electrons. The number of benzene rings is 2. The molecule has 1 aliphatic rings. The van der Waals surface area contributed by atoms with Crippen molar-refractivity contribution in [3.05, 3.63) is 65.4 Å². The van der Waals surface area contributed by atoms with E-state index in [1.54, 1.807) is 11.9 Å². The average Bonchev–Trinajstić information content (AvgIpc) is 3.12. The quantitative estimate of drug-likeness (QED) is 0.251.